The van der Waals surface area contributed by atoms with E-state index in [9.17, 15) is 18.0 Å². The first-order valence-electron chi connectivity index (χ1n) is 11.9. The first kappa shape index (κ1) is 26.8. The van der Waals surface area contributed by atoms with Gasteiger partial charge in [-0.15, -0.1) is 0 Å². The van der Waals surface area contributed by atoms with Crippen molar-refractivity contribution in [2.24, 2.45) is 13.0 Å². The van der Waals surface area contributed by atoms with Crippen LogP contribution in [-0.2, 0) is 19.6 Å². The Morgan fingerprint density at radius 1 is 1.11 bits per heavy atom. The number of amides is 1. The van der Waals surface area contributed by atoms with E-state index < -0.39 is 11.7 Å². The van der Waals surface area contributed by atoms with Crippen LogP contribution in [0, 0.1) is 12.8 Å². The molecule has 0 atom stereocenters. The molecule has 1 fully saturated rings. The lowest BCUT2D eigenvalue weighted by Crippen LogP contribution is -2.49. The quantitative estimate of drug-likeness (QED) is 0.386. The monoisotopic (exact) mass is 540 g/mol. The molecule has 10 heteroatoms. The second-order valence-corrected chi connectivity index (χ2v) is 10.6. The number of hydrogen-bond donors (Lipinski definition) is 0. The molecule has 0 aliphatic carbocycles. The highest BCUT2D eigenvalue weighted by atomic mass is 35.5. The summed E-state index contributed by atoms with van der Waals surface area (Å²) in [6.45, 7) is 9.80. The summed E-state index contributed by atoms with van der Waals surface area (Å²) in [5.74, 6) is 0.910. The van der Waals surface area contributed by atoms with Gasteiger partial charge < -0.3 is 9.47 Å². The number of carbonyl (C=O) groups is 1. The molecular weight excluding hydrogens is 512 g/mol. The molecule has 5 nitrogen and oxygen atoms in total. The average molecular weight is 541 g/mol. The minimum Gasteiger partial charge on any atom is -0.336 e. The van der Waals surface area contributed by atoms with Crippen LogP contribution in [-0.4, -0.2) is 58.0 Å². The predicted molar refractivity (Wildman–Crippen MR) is 137 cm³/mol. The van der Waals surface area contributed by atoms with Gasteiger partial charge in [0.1, 0.15) is 5.82 Å². The number of aryl methyl sites for hydroxylation is 2. The minimum atomic E-state index is -4.45. The minimum absolute atomic E-state index is 0.155. The molecule has 1 saturated heterocycles. The highest BCUT2D eigenvalue weighted by Gasteiger charge is 2.32. The van der Waals surface area contributed by atoms with Crippen LogP contribution in [0.25, 0.3) is 11.0 Å². The van der Waals surface area contributed by atoms with Crippen LogP contribution < -0.4 is 0 Å². The van der Waals surface area contributed by atoms with E-state index in [4.69, 9.17) is 23.2 Å². The number of piperazine rings is 1. The maximum absolute atomic E-state index is 13.3. The van der Waals surface area contributed by atoms with E-state index in [0.717, 1.165) is 31.8 Å². The number of alkyl halides is 3. The Balaban J connectivity index is 1.62. The summed E-state index contributed by atoms with van der Waals surface area (Å²) in [6, 6.07) is 5.46. The molecule has 0 N–H and O–H groups in total. The Bertz CT molecular complexity index is 1290. The normalized spacial score (nSPS) is 15.3. The van der Waals surface area contributed by atoms with Crippen LogP contribution in [0.5, 0.6) is 0 Å². The smallest absolute Gasteiger partial charge is 0.336 e. The van der Waals surface area contributed by atoms with Gasteiger partial charge in [-0.25, -0.2) is 4.98 Å². The number of benzene rings is 2. The molecule has 4 rings (SSSR count). The van der Waals surface area contributed by atoms with Crippen molar-refractivity contribution in [1.29, 1.82) is 0 Å². The largest absolute Gasteiger partial charge is 0.416 e. The molecule has 3 aromatic rings. The molecule has 0 spiro atoms. The van der Waals surface area contributed by atoms with Gasteiger partial charge >= 0.3 is 6.18 Å². The fraction of sp³-hybridized carbons (Fsp3) is 0.462. The van der Waals surface area contributed by atoms with Gasteiger partial charge in [0.05, 0.1) is 27.2 Å². The topological polar surface area (TPSA) is 41.4 Å². The number of hydrogen-bond acceptors (Lipinski definition) is 3. The number of halogens is 5. The zero-order valence-corrected chi connectivity index (χ0v) is 22.2. The van der Waals surface area contributed by atoms with E-state index in [0.29, 0.717) is 57.6 Å². The number of imidazole rings is 1. The van der Waals surface area contributed by atoms with Crippen molar-refractivity contribution in [3.8, 4) is 0 Å². The third-order valence-corrected chi connectivity index (χ3v) is 7.42. The first-order valence-corrected chi connectivity index (χ1v) is 12.6. The number of carbonyl (C=O) groups excluding carboxylic acids is 1. The molecule has 194 valence electrons. The molecule has 1 aromatic heterocycles. The Morgan fingerprint density at radius 2 is 1.78 bits per heavy atom. The number of rotatable bonds is 5. The van der Waals surface area contributed by atoms with Crippen LogP contribution in [0.1, 0.15) is 46.7 Å². The van der Waals surface area contributed by atoms with Crippen LogP contribution >= 0.6 is 23.2 Å². The predicted octanol–water partition coefficient (Wildman–Crippen LogP) is 6.21. The van der Waals surface area contributed by atoms with E-state index in [-0.39, 0.29) is 17.4 Å². The van der Waals surface area contributed by atoms with E-state index in [2.05, 4.69) is 23.7 Å². The highest BCUT2D eigenvalue weighted by Crippen LogP contribution is 2.35. The molecule has 1 aliphatic rings. The maximum atomic E-state index is 13.3. The maximum Gasteiger partial charge on any atom is 0.416 e. The van der Waals surface area contributed by atoms with Crippen molar-refractivity contribution in [2.75, 3.05) is 32.7 Å². The molecule has 1 aliphatic heterocycles. The molecule has 0 bridgehead atoms. The van der Waals surface area contributed by atoms with Gasteiger partial charge in [0.25, 0.3) is 5.91 Å². The third kappa shape index (κ3) is 5.36. The average Bonchev–Trinajstić information content (AvgIpc) is 3.12. The van der Waals surface area contributed by atoms with Gasteiger partial charge in [0.2, 0.25) is 0 Å². The molecule has 2 aromatic carbocycles. The fourth-order valence-electron chi connectivity index (χ4n) is 4.73. The summed E-state index contributed by atoms with van der Waals surface area (Å²) in [5, 5.41) is 0.620. The second-order valence-electron chi connectivity index (χ2n) is 9.80. The van der Waals surface area contributed by atoms with Crippen molar-refractivity contribution >= 4 is 40.1 Å². The zero-order valence-electron chi connectivity index (χ0n) is 20.7. The van der Waals surface area contributed by atoms with Crippen LogP contribution in [0.15, 0.2) is 24.3 Å². The lowest BCUT2D eigenvalue weighted by molar-refractivity contribution is -0.137. The Labute approximate surface area is 218 Å². The van der Waals surface area contributed by atoms with Gasteiger partial charge in [0, 0.05) is 51.2 Å². The standard InChI is InChI=1S/C26H29Cl2F3N4O/c1-15(2)14-34-7-9-35(10-8-34)25(36)18-5-6-20(27)19(23(18)28)13-22-32-24-16(3)11-17(26(29,30)31)12-21(24)33(22)4/h5-6,11-12,15H,7-10,13-14H2,1-4H3. The lowest BCUT2D eigenvalue weighted by atomic mass is 10.1. The van der Waals surface area contributed by atoms with Gasteiger partial charge in [-0.05, 0) is 48.2 Å². The van der Waals surface area contributed by atoms with Crippen molar-refractivity contribution in [1.82, 2.24) is 19.4 Å². The van der Waals surface area contributed by atoms with Gasteiger partial charge in [-0.3, -0.25) is 9.69 Å². The number of nitrogens with zero attached hydrogens (tertiary/aromatic N) is 4. The SMILES string of the molecule is Cc1cc(C(F)(F)F)cc2c1nc(Cc1c(Cl)ccc(C(=O)N3CCN(CC(C)C)CC3)c1Cl)n2C. The molecule has 0 unspecified atom stereocenters. The van der Waals surface area contributed by atoms with Crippen molar-refractivity contribution in [3.05, 3.63) is 62.4 Å². The summed E-state index contributed by atoms with van der Waals surface area (Å²) >= 11 is 13.2. The second kappa shape index (κ2) is 10.2. The Kier molecular flexibility index (Phi) is 7.60. The van der Waals surface area contributed by atoms with Crippen LogP contribution in [0.2, 0.25) is 10.0 Å². The summed E-state index contributed by atoms with van der Waals surface area (Å²) in [4.78, 5) is 22.0. The van der Waals surface area contributed by atoms with E-state index in [1.54, 1.807) is 35.6 Å². The van der Waals surface area contributed by atoms with Gasteiger partial charge in [0.15, 0.2) is 0 Å². The Morgan fingerprint density at radius 3 is 2.39 bits per heavy atom. The van der Waals surface area contributed by atoms with Crippen molar-refractivity contribution in [3.63, 3.8) is 0 Å². The summed E-state index contributed by atoms with van der Waals surface area (Å²) < 4.78 is 41.6. The fourth-order valence-corrected chi connectivity index (χ4v) is 5.32. The summed E-state index contributed by atoms with van der Waals surface area (Å²) in [7, 11) is 1.66. The number of fused-ring (bicyclic) bond motifs is 1. The summed E-state index contributed by atoms with van der Waals surface area (Å²) in [6.07, 6.45) is -4.28. The molecule has 1 amide bonds. The Hall–Kier alpha value is -2.29. The zero-order chi connectivity index (χ0) is 26.4. The molecular formula is C26H29Cl2F3N4O. The van der Waals surface area contributed by atoms with Gasteiger partial charge in [-0.1, -0.05) is 37.0 Å². The molecule has 0 radical (unpaired) electrons. The van der Waals surface area contributed by atoms with Crippen LogP contribution in [0.4, 0.5) is 13.2 Å². The third-order valence-electron chi connectivity index (χ3n) is 6.63. The first-order chi connectivity index (χ1) is 16.9. The molecule has 2 heterocycles. The molecule has 36 heavy (non-hydrogen) atoms. The van der Waals surface area contributed by atoms with Crippen molar-refractivity contribution in [2.45, 2.75) is 33.4 Å². The van der Waals surface area contributed by atoms with E-state index in [1.807, 2.05) is 0 Å². The van der Waals surface area contributed by atoms with Crippen molar-refractivity contribution < 1.29 is 18.0 Å². The van der Waals surface area contributed by atoms with E-state index in [1.165, 1.54) is 0 Å². The number of aromatic nitrogens is 2. The summed E-state index contributed by atoms with van der Waals surface area (Å²) in [5.41, 5.74) is 1.45. The molecule has 0 saturated carbocycles. The van der Waals surface area contributed by atoms with Gasteiger partial charge in [-0.2, -0.15) is 13.2 Å². The van der Waals surface area contributed by atoms with Crippen LogP contribution in [0.3, 0.4) is 0 Å². The van der Waals surface area contributed by atoms with E-state index >= 15 is 0 Å². The lowest BCUT2D eigenvalue weighted by Gasteiger charge is -2.35. The highest BCUT2D eigenvalue weighted by molar-refractivity contribution is 6.38.